The van der Waals surface area contributed by atoms with E-state index in [4.69, 9.17) is 9.84 Å². The summed E-state index contributed by atoms with van der Waals surface area (Å²) in [4.78, 5) is 39.1. The molecule has 44 heavy (non-hydrogen) atoms. The number of thioether (sulfide) groups is 1. The van der Waals surface area contributed by atoms with E-state index in [1.54, 1.807) is 53.4 Å². The Morgan fingerprint density at radius 2 is 1.43 bits per heavy atom. The fourth-order valence-corrected chi connectivity index (χ4v) is 5.90. The minimum atomic E-state index is -1.06. The highest BCUT2D eigenvalue weighted by Gasteiger charge is 2.22. The van der Waals surface area contributed by atoms with E-state index in [0.717, 1.165) is 31.0 Å². The summed E-state index contributed by atoms with van der Waals surface area (Å²) in [7, 11) is 1.51. The smallest absolute Gasteiger partial charge is 0.314 e. The number of hydrogen-bond donors (Lipinski definition) is 3. The van der Waals surface area contributed by atoms with Crippen LogP contribution in [0.2, 0.25) is 0 Å². The van der Waals surface area contributed by atoms with E-state index in [9.17, 15) is 19.5 Å². The van der Waals surface area contributed by atoms with Gasteiger partial charge in [0.25, 0.3) is 11.1 Å². The lowest BCUT2D eigenvalue weighted by atomic mass is 10.0. The lowest BCUT2D eigenvalue weighted by molar-refractivity contribution is -0.133. The van der Waals surface area contributed by atoms with Crippen LogP contribution in [0.4, 0.5) is 16.2 Å². The Balaban J connectivity index is 1.68. The number of nitrogens with one attached hydrogen (secondary N) is 1. The average molecular weight is 623 g/mol. The molecule has 2 amide bonds. The number of carbonyl (C=O) groups excluding carboxylic acids is 2. The van der Waals surface area contributed by atoms with E-state index in [1.807, 2.05) is 0 Å². The van der Waals surface area contributed by atoms with Gasteiger partial charge in [-0.3, -0.25) is 14.4 Å². The number of anilines is 2. The molecule has 0 aromatic heterocycles. The summed E-state index contributed by atoms with van der Waals surface area (Å²) in [5.74, 6) is -1.60. The van der Waals surface area contributed by atoms with Crippen LogP contribution in [0.3, 0.4) is 0 Å². The zero-order chi connectivity index (χ0) is 31.7. The molecule has 0 radical (unpaired) electrons. The number of carboxylic acid groups (broad SMARTS) is 1. The molecule has 0 aliphatic carbocycles. The summed E-state index contributed by atoms with van der Waals surface area (Å²) >= 11 is 0.746. The Morgan fingerprint density at radius 1 is 0.795 bits per heavy atom. The molecule has 0 spiro atoms. The van der Waals surface area contributed by atoms with Gasteiger partial charge in [0.05, 0.1) is 24.0 Å². The van der Waals surface area contributed by atoms with Gasteiger partial charge in [0, 0.05) is 17.3 Å². The zero-order valence-electron chi connectivity index (χ0n) is 26.0. The number of ether oxygens (including phenoxy) is 1. The summed E-state index contributed by atoms with van der Waals surface area (Å²) in [6.45, 7) is 2.67. The van der Waals surface area contributed by atoms with Crippen molar-refractivity contribution in [2.24, 2.45) is 0 Å². The third-order valence-corrected chi connectivity index (χ3v) is 8.53. The second-order valence-electron chi connectivity index (χ2n) is 11.0. The van der Waals surface area contributed by atoms with Crippen molar-refractivity contribution in [2.45, 2.75) is 84.0 Å². The quantitative estimate of drug-likeness (QED) is 0.114. The number of phenols is 1. The lowest BCUT2D eigenvalue weighted by Crippen LogP contribution is -2.29. The normalized spacial score (nSPS) is 11.0. The van der Waals surface area contributed by atoms with Gasteiger partial charge < -0.3 is 25.2 Å². The predicted octanol–water partition coefficient (Wildman–Crippen LogP) is 9.25. The average Bonchev–Trinajstić information content (AvgIpc) is 3.02. The monoisotopic (exact) mass is 622 g/mol. The minimum Gasteiger partial charge on any atom is -0.506 e. The van der Waals surface area contributed by atoms with Gasteiger partial charge in [-0.25, -0.2) is 0 Å². The first-order valence-corrected chi connectivity index (χ1v) is 16.7. The van der Waals surface area contributed by atoms with E-state index in [0.29, 0.717) is 34.4 Å². The number of unbranched alkanes of at least 4 members (excludes halogenated alkanes) is 11. The number of fused-ring (bicyclic) bond motifs is 1. The Hall–Kier alpha value is -3.72. The van der Waals surface area contributed by atoms with Crippen LogP contribution in [0.25, 0.3) is 10.8 Å². The molecule has 0 bridgehead atoms. The first-order valence-electron chi connectivity index (χ1n) is 15.7. The summed E-state index contributed by atoms with van der Waals surface area (Å²) in [5.41, 5.74) is 1.13. The van der Waals surface area contributed by atoms with Crippen LogP contribution in [0.5, 0.6) is 11.5 Å². The molecule has 0 heterocycles. The molecule has 0 saturated heterocycles. The number of phenolic OH excluding ortho intramolecular Hbond substituents is 1. The molecule has 3 aromatic rings. The van der Waals surface area contributed by atoms with Gasteiger partial charge in [0.1, 0.15) is 17.3 Å². The molecule has 3 rings (SSSR count). The fraction of sp³-hybridized carbons (Fsp3) is 0.457. The molecule has 0 aliphatic rings. The number of carbonyl (C=O) groups is 3. The second-order valence-corrected chi connectivity index (χ2v) is 11.9. The second kappa shape index (κ2) is 18.8. The van der Waals surface area contributed by atoms with Crippen molar-refractivity contribution in [3.63, 3.8) is 0 Å². The van der Waals surface area contributed by atoms with E-state index in [-0.39, 0.29) is 22.3 Å². The van der Waals surface area contributed by atoms with Gasteiger partial charge in [0.15, 0.2) is 0 Å². The molecule has 0 atom stereocenters. The first kappa shape index (κ1) is 34.8. The topological polar surface area (TPSA) is 116 Å². The zero-order valence-corrected chi connectivity index (χ0v) is 26.8. The number of para-hydroxylation sites is 2. The highest BCUT2D eigenvalue weighted by Crippen LogP contribution is 2.36. The molecule has 0 saturated carbocycles. The Morgan fingerprint density at radius 3 is 2.07 bits per heavy atom. The van der Waals surface area contributed by atoms with Gasteiger partial charge in [-0.15, -0.1) is 0 Å². The summed E-state index contributed by atoms with van der Waals surface area (Å²) in [5, 5.41) is 23.8. The molecule has 3 aromatic carbocycles. The predicted molar refractivity (Wildman–Crippen MR) is 180 cm³/mol. The van der Waals surface area contributed by atoms with Gasteiger partial charge >= 0.3 is 5.97 Å². The fourth-order valence-electron chi connectivity index (χ4n) is 5.30. The van der Waals surface area contributed by atoms with Crippen LogP contribution in [-0.2, 0) is 4.79 Å². The van der Waals surface area contributed by atoms with Crippen LogP contribution >= 0.6 is 11.8 Å². The van der Waals surface area contributed by atoms with Crippen molar-refractivity contribution in [2.75, 3.05) is 29.6 Å². The molecule has 0 fully saturated rings. The lowest BCUT2D eigenvalue weighted by Gasteiger charge is -2.24. The summed E-state index contributed by atoms with van der Waals surface area (Å²) in [6, 6.07) is 15.5. The molecule has 3 N–H and O–H groups in total. The number of rotatable bonds is 19. The van der Waals surface area contributed by atoms with E-state index in [1.165, 1.54) is 71.0 Å². The summed E-state index contributed by atoms with van der Waals surface area (Å²) < 4.78 is 5.31. The molecular formula is C35H46N2O6S. The largest absolute Gasteiger partial charge is 0.506 e. The van der Waals surface area contributed by atoms with Crippen molar-refractivity contribution >= 4 is 51.0 Å². The number of benzene rings is 3. The van der Waals surface area contributed by atoms with Crippen molar-refractivity contribution in [3.05, 3.63) is 60.2 Å². The van der Waals surface area contributed by atoms with Crippen LogP contribution in [0.15, 0.2) is 54.6 Å². The van der Waals surface area contributed by atoms with Crippen LogP contribution in [0.1, 0.15) is 94.3 Å². The maximum atomic E-state index is 13.2. The Kier molecular flexibility index (Phi) is 14.9. The maximum absolute atomic E-state index is 13.2. The van der Waals surface area contributed by atoms with Gasteiger partial charge in [-0.2, -0.15) is 0 Å². The number of hydrogen-bond acceptors (Lipinski definition) is 6. The van der Waals surface area contributed by atoms with E-state index >= 15 is 0 Å². The molecule has 8 nitrogen and oxygen atoms in total. The SMILES string of the molecule is CCCCCCCCCCCCCCN(C(=O)SCC(=O)O)c1cccc2c(O)c(C(=O)Nc3ccccc3OC)ccc12. The number of nitrogens with zero attached hydrogens (tertiary/aromatic N) is 1. The van der Waals surface area contributed by atoms with Gasteiger partial charge in [-0.1, -0.05) is 120 Å². The van der Waals surface area contributed by atoms with Gasteiger partial charge in [0.2, 0.25) is 0 Å². The van der Waals surface area contributed by atoms with E-state index in [2.05, 4.69) is 12.2 Å². The van der Waals surface area contributed by atoms with Crippen molar-refractivity contribution in [3.8, 4) is 11.5 Å². The molecule has 9 heteroatoms. The highest BCUT2D eigenvalue weighted by atomic mass is 32.2. The number of amides is 2. The third kappa shape index (κ3) is 10.5. The highest BCUT2D eigenvalue weighted by molar-refractivity contribution is 8.14. The van der Waals surface area contributed by atoms with Gasteiger partial charge in [-0.05, 0) is 30.7 Å². The van der Waals surface area contributed by atoms with Crippen molar-refractivity contribution in [1.82, 2.24) is 0 Å². The van der Waals surface area contributed by atoms with Crippen molar-refractivity contribution in [1.29, 1.82) is 0 Å². The van der Waals surface area contributed by atoms with Crippen LogP contribution in [-0.4, -0.2) is 46.7 Å². The Bertz CT molecular complexity index is 1380. The number of aliphatic carboxylic acids is 1. The molecule has 0 unspecified atom stereocenters. The Labute approximate surface area is 265 Å². The molecular weight excluding hydrogens is 576 g/mol. The number of aromatic hydroxyl groups is 1. The molecule has 238 valence electrons. The van der Waals surface area contributed by atoms with Crippen LogP contribution < -0.4 is 15.0 Å². The third-order valence-electron chi connectivity index (χ3n) is 7.68. The maximum Gasteiger partial charge on any atom is 0.314 e. The molecule has 0 aliphatic heterocycles. The first-order chi connectivity index (χ1) is 21.4. The number of carboxylic acids is 1. The standard InChI is InChI=1S/C35H46N2O6S/c1-3-4-5-6-7-8-9-10-11-12-13-16-24-37(35(42)44-25-32(38)39)30-20-17-18-27-26(30)22-23-28(33(27)40)34(41)36-29-19-14-15-21-31(29)43-2/h14-15,17-23,40H,3-13,16,24-25H2,1-2H3,(H,36,41)(H,38,39). The van der Waals surface area contributed by atoms with E-state index < -0.39 is 11.9 Å². The summed E-state index contributed by atoms with van der Waals surface area (Å²) in [6.07, 6.45) is 14.4. The minimum absolute atomic E-state index is 0.0830. The van der Waals surface area contributed by atoms with Crippen molar-refractivity contribution < 1.29 is 29.3 Å². The van der Waals surface area contributed by atoms with Crippen LogP contribution in [0, 0.1) is 0 Å². The number of methoxy groups -OCH3 is 1.